The van der Waals surface area contributed by atoms with Crippen molar-refractivity contribution in [1.29, 1.82) is 0 Å². The van der Waals surface area contributed by atoms with Crippen LogP contribution in [-0.2, 0) is 0 Å². The van der Waals surface area contributed by atoms with Crippen LogP contribution in [0.15, 0.2) is 151 Å². The summed E-state index contributed by atoms with van der Waals surface area (Å²) in [6, 6.07) is 47.5. The number of allylic oxidation sites excluding steroid dienone is 4. The molecule has 1 aliphatic carbocycles. The number of rotatable bonds is 3. The summed E-state index contributed by atoms with van der Waals surface area (Å²) in [5, 5.41) is 5.01. The number of hydrogen-bond donors (Lipinski definition) is 0. The van der Waals surface area contributed by atoms with E-state index < -0.39 is 0 Å². The third-order valence-corrected chi connectivity index (χ3v) is 9.52. The van der Waals surface area contributed by atoms with E-state index in [1.54, 1.807) is 0 Å². The van der Waals surface area contributed by atoms with Crippen molar-refractivity contribution in [3.8, 4) is 17.3 Å². The maximum atomic E-state index is 6.40. The molecule has 1 atom stereocenters. The second kappa shape index (κ2) is 9.31. The third-order valence-electron chi connectivity index (χ3n) is 9.52. The Kier molecular flexibility index (Phi) is 5.08. The fourth-order valence-corrected chi connectivity index (χ4v) is 7.51. The molecular weight excluding hydrogens is 550 g/mol. The van der Waals surface area contributed by atoms with Crippen molar-refractivity contribution in [2.75, 3.05) is 0 Å². The topological polar surface area (TPSA) is 32.0 Å². The van der Waals surface area contributed by atoms with Crippen LogP contribution >= 0.6 is 0 Å². The molecule has 0 fully saturated rings. The molecule has 0 spiro atoms. The van der Waals surface area contributed by atoms with E-state index in [-0.39, 0.29) is 5.92 Å². The molecule has 2 aliphatic rings. The first-order valence-corrected chi connectivity index (χ1v) is 15.5. The quantitative estimate of drug-likeness (QED) is 0.209. The SMILES string of the molecule is C1=C(c2cccc(-n3c4ccccc4c4ccccc43)n2)CC2C(=C1)Oc1ccc(-n3c4ccccc4c4ccccc43)cc12. The van der Waals surface area contributed by atoms with E-state index >= 15 is 0 Å². The first-order chi connectivity index (χ1) is 22.3. The van der Waals surface area contributed by atoms with Crippen LogP contribution in [0.25, 0.3) is 60.7 Å². The Morgan fingerprint density at radius 3 is 1.76 bits per heavy atom. The zero-order valence-corrected chi connectivity index (χ0v) is 24.4. The summed E-state index contributed by atoms with van der Waals surface area (Å²) < 4.78 is 11.1. The second-order valence-corrected chi connectivity index (χ2v) is 12.0. The number of hydrogen-bond acceptors (Lipinski definition) is 2. The van der Waals surface area contributed by atoms with Crippen molar-refractivity contribution < 1.29 is 4.74 Å². The Hall–Kier alpha value is -5.87. The molecule has 0 N–H and O–H groups in total. The highest BCUT2D eigenvalue weighted by Gasteiger charge is 2.33. The van der Waals surface area contributed by atoms with Gasteiger partial charge in [-0.3, -0.25) is 4.57 Å². The van der Waals surface area contributed by atoms with Crippen LogP contribution in [0.4, 0.5) is 0 Å². The molecule has 0 radical (unpaired) electrons. The summed E-state index contributed by atoms with van der Waals surface area (Å²) in [4.78, 5) is 5.26. The molecule has 1 aliphatic heterocycles. The van der Waals surface area contributed by atoms with Gasteiger partial charge in [0, 0.05) is 38.7 Å². The first-order valence-electron chi connectivity index (χ1n) is 15.5. The van der Waals surface area contributed by atoms with Crippen molar-refractivity contribution in [2.45, 2.75) is 12.3 Å². The van der Waals surface area contributed by atoms with Gasteiger partial charge in [0.15, 0.2) is 0 Å². The number of aromatic nitrogens is 3. The number of fused-ring (bicyclic) bond motifs is 9. The molecule has 3 aromatic heterocycles. The van der Waals surface area contributed by atoms with Crippen LogP contribution in [0, 0.1) is 0 Å². The smallest absolute Gasteiger partial charge is 0.138 e. The second-order valence-electron chi connectivity index (χ2n) is 12.0. The Morgan fingerprint density at radius 1 is 0.556 bits per heavy atom. The lowest BCUT2D eigenvalue weighted by Gasteiger charge is -2.19. The van der Waals surface area contributed by atoms with E-state index in [1.165, 1.54) is 54.7 Å². The minimum atomic E-state index is 0.145. The average Bonchev–Trinajstić information content (AvgIpc) is 3.75. The summed E-state index contributed by atoms with van der Waals surface area (Å²) in [5.74, 6) is 3.02. The molecule has 45 heavy (non-hydrogen) atoms. The molecule has 0 amide bonds. The largest absolute Gasteiger partial charge is 0.461 e. The van der Waals surface area contributed by atoms with Gasteiger partial charge in [-0.05, 0) is 72.7 Å². The molecule has 0 saturated heterocycles. The van der Waals surface area contributed by atoms with Crippen LogP contribution in [0.2, 0.25) is 0 Å². The van der Waals surface area contributed by atoms with Gasteiger partial charge in [-0.2, -0.15) is 0 Å². The standard InChI is InChI=1S/C41H27N3O/c1-5-15-35-28(10-1)29-11-2-6-16-36(29)43(35)27-21-23-40-33(25-27)32-24-26(20-22-39(32)45-40)34-14-9-19-41(42-34)44-37-17-7-3-12-30(37)31-13-4-8-18-38(31)44/h1-23,25,32H,24H2. The summed E-state index contributed by atoms with van der Waals surface area (Å²) in [6.07, 6.45) is 5.15. The zero-order valence-electron chi connectivity index (χ0n) is 24.4. The van der Waals surface area contributed by atoms with Crippen LogP contribution in [-0.4, -0.2) is 14.1 Å². The van der Waals surface area contributed by atoms with Crippen molar-refractivity contribution in [3.05, 3.63) is 163 Å². The highest BCUT2D eigenvalue weighted by molar-refractivity contribution is 6.10. The molecule has 5 aromatic carbocycles. The fourth-order valence-electron chi connectivity index (χ4n) is 7.51. The summed E-state index contributed by atoms with van der Waals surface area (Å²) in [5.41, 5.74) is 9.34. The molecule has 4 nitrogen and oxygen atoms in total. The zero-order chi connectivity index (χ0) is 29.5. The van der Waals surface area contributed by atoms with Gasteiger partial charge in [0.1, 0.15) is 17.3 Å². The maximum absolute atomic E-state index is 6.40. The minimum absolute atomic E-state index is 0.145. The van der Waals surface area contributed by atoms with E-state index in [1.807, 2.05) is 0 Å². The van der Waals surface area contributed by atoms with Crippen molar-refractivity contribution >= 4 is 49.2 Å². The van der Waals surface area contributed by atoms with Crippen molar-refractivity contribution in [3.63, 3.8) is 0 Å². The molecule has 0 saturated carbocycles. The van der Waals surface area contributed by atoms with E-state index in [4.69, 9.17) is 9.72 Å². The van der Waals surface area contributed by atoms with Crippen LogP contribution in [0.3, 0.4) is 0 Å². The summed E-state index contributed by atoms with van der Waals surface area (Å²) >= 11 is 0. The van der Waals surface area contributed by atoms with Gasteiger partial charge < -0.3 is 9.30 Å². The van der Waals surface area contributed by atoms with Crippen molar-refractivity contribution in [1.82, 2.24) is 14.1 Å². The molecule has 4 heteroatoms. The van der Waals surface area contributed by atoms with E-state index in [0.717, 1.165) is 35.1 Å². The van der Waals surface area contributed by atoms with Gasteiger partial charge in [0.2, 0.25) is 0 Å². The number of nitrogens with zero attached hydrogens (tertiary/aromatic N) is 3. The van der Waals surface area contributed by atoms with E-state index in [9.17, 15) is 0 Å². The van der Waals surface area contributed by atoms with Crippen LogP contribution in [0.5, 0.6) is 5.75 Å². The lowest BCUT2D eigenvalue weighted by molar-refractivity contribution is 0.426. The minimum Gasteiger partial charge on any atom is -0.461 e. The predicted octanol–water partition coefficient (Wildman–Crippen LogP) is 10.1. The van der Waals surface area contributed by atoms with Gasteiger partial charge in [-0.1, -0.05) is 84.9 Å². The highest BCUT2D eigenvalue weighted by atomic mass is 16.5. The molecule has 212 valence electrons. The molecule has 4 heterocycles. The van der Waals surface area contributed by atoms with Gasteiger partial charge in [0.05, 0.1) is 27.8 Å². The highest BCUT2D eigenvalue weighted by Crippen LogP contribution is 2.48. The molecule has 0 bridgehead atoms. The average molecular weight is 578 g/mol. The number of ether oxygens (including phenoxy) is 1. The van der Waals surface area contributed by atoms with Gasteiger partial charge in [-0.25, -0.2) is 4.98 Å². The molecule has 10 rings (SSSR count). The number of pyridine rings is 1. The lowest BCUT2D eigenvalue weighted by Crippen LogP contribution is -2.07. The molecule has 8 aromatic rings. The van der Waals surface area contributed by atoms with Gasteiger partial charge in [-0.15, -0.1) is 0 Å². The van der Waals surface area contributed by atoms with E-state index in [2.05, 4.69) is 155 Å². The monoisotopic (exact) mass is 577 g/mol. The Morgan fingerprint density at radius 2 is 1.13 bits per heavy atom. The number of benzene rings is 5. The van der Waals surface area contributed by atoms with Crippen LogP contribution < -0.4 is 4.74 Å². The van der Waals surface area contributed by atoms with Crippen molar-refractivity contribution in [2.24, 2.45) is 0 Å². The molecular formula is C41H27N3O. The predicted molar refractivity (Wildman–Crippen MR) is 183 cm³/mol. The van der Waals surface area contributed by atoms with Gasteiger partial charge >= 0.3 is 0 Å². The maximum Gasteiger partial charge on any atom is 0.138 e. The normalized spacial score (nSPS) is 15.7. The van der Waals surface area contributed by atoms with Gasteiger partial charge in [0.25, 0.3) is 0 Å². The number of para-hydroxylation sites is 4. The fraction of sp³-hybridized carbons (Fsp3) is 0.0488. The van der Waals surface area contributed by atoms with E-state index in [0.29, 0.717) is 0 Å². The van der Waals surface area contributed by atoms with Crippen LogP contribution in [0.1, 0.15) is 23.6 Å². The summed E-state index contributed by atoms with van der Waals surface area (Å²) in [6.45, 7) is 0. The summed E-state index contributed by atoms with van der Waals surface area (Å²) in [7, 11) is 0. The third kappa shape index (κ3) is 3.57. The Labute approximate surface area is 259 Å². The Bertz CT molecular complexity index is 2460. The first kappa shape index (κ1) is 24.6. The molecule has 1 unspecified atom stereocenters. The Balaban J connectivity index is 1.05. The lowest BCUT2D eigenvalue weighted by atomic mass is 9.86.